The van der Waals surface area contributed by atoms with E-state index in [2.05, 4.69) is 0 Å². The number of phenolic OH excluding ortho intramolecular Hbond substituents is 1. The lowest BCUT2D eigenvalue weighted by atomic mass is 10.0. The van der Waals surface area contributed by atoms with E-state index in [1.54, 1.807) is 18.2 Å². The van der Waals surface area contributed by atoms with E-state index in [9.17, 15) is 14.7 Å². The van der Waals surface area contributed by atoms with Gasteiger partial charge in [-0.15, -0.1) is 0 Å². The summed E-state index contributed by atoms with van der Waals surface area (Å²) in [7, 11) is 0. The van der Waals surface area contributed by atoms with Crippen LogP contribution in [-0.4, -0.2) is 30.3 Å². The second-order valence-electron chi connectivity index (χ2n) is 8.22. The number of carbonyl (C=O) groups excluding carboxylic acids is 1. The lowest BCUT2D eigenvalue weighted by Crippen LogP contribution is -2.36. The molecule has 0 aliphatic carbocycles. The molecule has 0 bridgehead atoms. The molecule has 0 spiro atoms. The van der Waals surface area contributed by atoms with Crippen molar-refractivity contribution in [3.63, 3.8) is 0 Å². The molecule has 5 rings (SSSR count). The highest BCUT2D eigenvalue weighted by molar-refractivity contribution is 5.89. The summed E-state index contributed by atoms with van der Waals surface area (Å²) in [6.45, 7) is 1.07. The highest BCUT2D eigenvalue weighted by atomic mass is 16.5. The van der Waals surface area contributed by atoms with Crippen LogP contribution < -0.4 is 25.4 Å². The van der Waals surface area contributed by atoms with Crippen molar-refractivity contribution in [1.29, 1.82) is 0 Å². The molecule has 0 amide bonds. The van der Waals surface area contributed by atoms with Crippen LogP contribution in [0, 0.1) is 0 Å². The zero-order valence-corrected chi connectivity index (χ0v) is 18.7. The molecule has 3 aromatic carbocycles. The van der Waals surface area contributed by atoms with Crippen molar-refractivity contribution >= 4 is 16.9 Å². The molecule has 3 N–H and O–H groups in total. The Morgan fingerprint density at radius 3 is 2.60 bits per heavy atom. The molecule has 1 atom stereocenters. The molecule has 4 aromatic rings. The molecule has 178 valence electrons. The minimum Gasteiger partial charge on any atom is -0.507 e. The Hall–Kier alpha value is -4.30. The second-order valence-corrected chi connectivity index (χ2v) is 8.22. The number of hydrogen-bond donors (Lipinski definition) is 2. The standard InChI is InChI=1S/C27H23NO7/c28-20(11-16-5-2-1-3-6-16)27(31)35-18-13-21(29)25-24(14-18)34-15-19(26(25)30)17-7-8-22-23(12-17)33-10-4-9-32-22/h1-3,5-8,12-15,20,29H,4,9-11,28H2/t20-/m1/s1. The molecule has 8 nitrogen and oxygen atoms in total. The van der Waals surface area contributed by atoms with Crippen LogP contribution in [0.2, 0.25) is 0 Å². The number of benzene rings is 3. The van der Waals surface area contributed by atoms with Crippen molar-refractivity contribution in [2.75, 3.05) is 13.2 Å². The molecule has 8 heteroatoms. The number of hydrogen-bond acceptors (Lipinski definition) is 8. The number of fused-ring (bicyclic) bond motifs is 2. The van der Waals surface area contributed by atoms with Crippen LogP contribution in [0.5, 0.6) is 23.0 Å². The first-order valence-electron chi connectivity index (χ1n) is 11.2. The average molecular weight is 473 g/mol. The van der Waals surface area contributed by atoms with Crippen LogP contribution in [0.25, 0.3) is 22.1 Å². The van der Waals surface area contributed by atoms with Gasteiger partial charge in [0, 0.05) is 18.6 Å². The fourth-order valence-electron chi connectivity index (χ4n) is 3.94. The first-order chi connectivity index (χ1) is 17.0. The molecule has 0 saturated heterocycles. The highest BCUT2D eigenvalue weighted by Gasteiger charge is 2.20. The summed E-state index contributed by atoms with van der Waals surface area (Å²) in [5.74, 6) is 0.134. The van der Waals surface area contributed by atoms with Crippen molar-refractivity contribution < 1.29 is 28.5 Å². The van der Waals surface area contributed by atoms with E-state index in [1.165, 1.54) is 18.4 Å². The lowest BCUT2D eigenvalue weighted by molar-refractivity contribution is -0.135. The van der Waals surface area contributed by atoms with Gasteiger partial charge in [-0.1, -0.05) is 36.4 Å². The van der Waals surface area contributed by atoms with Crippen LogP contribution in [0.4, 0.5) is 0 Å². The van der Waals surface area contributed by atoms with Crippen molar-refractivity contribution in [3.05, 3.63) is 82.7 Å². The molecule has 35 heavy (non-hydrogen) atoms. The number of nitrogens with two attached hydrogens (primary N) is 1. The first-order valence-corrected chi connectivity index (χ1v) is 11.2. The van der Waals surface area contributed by atoms with Gasteiger partial charge in [-0.3, -0.25) is 4.79 Å². The largest absolute Gasteiger partial charge is 0.507 e. The van der Waals surface area contributed by atoms with Gasteiger partial charge >= 0.3 is 5.97 Å². The number of ether oxygens (including phenoxy) is 3. The minimum atomic E-state index is -0.899. The van der Waals surface area contributed by atoms with Gasteiger partial charge in [0.05, 0.1) is 18.8 Å². The van der Waals surface area contributed by atoms with Crippen molar-refractivity contribution in [3.8, 4) is 34.1 Å². The molecule has 2 heterocycles. The van der Waals surface area contributed by atoms with Crippen LogP contribution in [-0.2, 0) is 11.2 Å². The fourth-order valence-corrected chi connectivity index (χ4v) is 3.94. The Balaban J connectivity index is 1.41. The Bertz CT molecular complexity index is 1450. The van der Waals surface area contributed by atoms with E-state index >= 15 is 0 Å². The lowest BCUT2D eigenvalue weighted by Gasteiger charge is -2.12. The van der Waals surface area contributed by atoms with Gasteiger partial charge in [0.1, 0.15) is 34.8 Å². The maximum Gasteiger partial charge on any atom is 0.328 e. The van der Waals surface area contributed by atoms with Crippen molar-refractivity contribution in [1.82, 2.24) is 0 Å². The third-order valence-electron chi connectivity index (χ3n) is 5.71. The van der Waals surface area contributed by atoms with Gasteiger partial charge in [-0.25, -0.2) is 4.79 Å². The molecule has 1 aromatic heterocycles. The molecule has 0 radical (unpaired) electrons. The smallest absolute Gasteiger partial charge is 0.328 e. The maximum atomic E-state index is 13.2. The summed E-state index contributed by atoms with van der Waals surface area (Å²) >= 11 is 0. The predicted molar refractivity (Wildman–Crippen MR) is 129 cm³/mol. The van der Waals surface area contributed by atoms with E-state index < -0.39 is 17.4 Å². The summed E-state index contributed by atoms with van der Waals surface area (Å²) in [4.78, 5) is 25.7. The Labute approximate surface area is 200 Å². The summed E-state index contributed by atoms with van der Waals surface area (Å²) in [6, 6.07) is 16.2. The van der Waals surface area contributed by atoms with Gasteiger partial charge in [0.15, 0.2) is 11.5 Å². The van der Waals surface area contributed by atoms with Gasteiger partial charge < -0.3 is 29.5 Å². The quantitative estimate of drug-likeness (QED) is 0.332. The fraction of sp³-hybridized carbons (Fsp3) is 0.185. The van der Waals surface area contributed by atoms with Crippen molar-refractivity contribution in [2.45, 2.75) is 18.9 Å². The summed E-state index contributed by atoms with van der Waals surface area (Å²) in [6.07, 6.45) is 2.36. The Kier molecular flexibility index (Phi) is 6.12. The Morgan fingerprint density at radius 1 is 1.03 bits per heavy atom. The summed E-state index contributed by atoms with van der Waals surface area (Å²) in [5.41, 5.74) is 7.33. The summed E-state index contributed by atoms with van der Waals surface area (Å²) < 4.78 is 22.3. The van der Waals surface area contributed by atoms with Gasteiger partial charge in [-0.05, 0) is 29.7 Å². The second kappa shape index (κ2) is 9.52. The van der Waals surface area contributed by atoms with E-state index in [0.29, 0.717) is 36.7 Å². The third-order valence-corrected chi connectivity index (χ3v) is 5.71. The molecule has 1 aliphatic heterocycles. The van der Waals surface area contributed by atoms with Crippen molar-refractivity contribution in [2.24, 2.45) is 5.73 Å². The monoisotopic (exact) mass is 473 g/mol. The first kappa shape index (κ1) is 22.5. The topological polar surface area (TPSA) is 121 Å². The van der Waals surface area contributed by atoms with Crippen LogP contribution >= 0.6 is 0 Å². The van der Waals surface area contributed by atoms with Crippen LogP contribution in [0.3, 0.4) is 0 Å². The number of aromatic hydroxyl groups is 1. The molecule has 1 aliphatic rings. The zero-order valence-electron chi connectivity index (χ0n) is 18.7. The summed E-state index contributed by atoms with van der Waals surface area (Å²) in [5, 5.41) is 10.6. The van der Waals surface area contributed by atoms with E-state index in [1.807, 2.05) is 30.3 Å². The number of rotatable bonds is 5. The van der Waals surface area contributed by atoms with E-state index in [-0.39, 0.29) is 28.0 Å². The SMILES string of the molecule is N[C@H](Cc1ccccc1)C(=O)Oc1cc(O)c2c(=O)c(-c3ccc4c(c3)OCCCO4)coc2c1. The molecular weight excluding hydrogens is 450 g/mol. The van der Waals surface area contributed by atoms with Crippen LogP contribution in [0.15, 0.2) is 76.1 Å². The number of phenols is 1. The third kappa shape index (κ3) is 4.69. The maximum absolute atomic E-state index is 13.2. The van der Waals surface area contributed by atoms with Crippen LogP contribution in [0.1, 0.15) is 12.0 Å². The molecule has 0 fully saturated rings. The zero-order chi connectivity index (χ0) is 24.4. The van der Waals surface area contributed by atoms with E-state index in [4.69, 9.17) is 24.4 Å². The predicted octanol–water partition coefficient (Wildman–Crippen LogP) is 3.80. The van der Waals surface area contributed by atoms with E-state index in [0.717, 1.165) is 12.0 Å². The normalized spacial score (nSPS) is 13.7. The molecule has 0 saturated carbocycles. The highest BCUT2D eigenvalue weighted by Crippen LogP contribution is 2.35. The van der Waals surface area contributed by atoms with Gasteiger partial charge in [-0.2, -0.15) is 0 Å². The number of esters is 1. The van der Waals surface area contributed by atoms with Gasteiger partial charge in [0.25, 0.3) is 0 Å². The molecule has 0 unspecified atom stereocenters. The van der Waals surface area contributed by atoms with Gasteiger partial charge in [0.2, 0.25) is 5.43 Å². The Morgan fingerprint density at radius 2 is 1.80 bits per heavy atom. The number of carbonyl (C=O) groups is 1. The minimum absolute atomic E-state index is 0.0231. The average Bonchev–Trinajstić information content (AvgIpc) is 3.09. The molecular formula is C27H23NO7.